The van der Waals surface area contributed by atoms with E-state index in [4.69, 9.17) is 16.9 Å². The first kappa shape index (κ1) is 14.4. The summed E-state index contributed by atoms with van der Waals surface area (Å²) in [5.74, 6) is 0. The topological polar surface area (TPSA) is 35.8 Å². The second-order valence-electron chi connectivity index (χ2n) is 4.70. The van der Waals surface area contributed by atoms with Crippen LogP contribution in [0.5, 0.6) is 0 Å². The number of hydrogen-bond acceptors (Lipinski definition) is 2. The van der Waals surface area contributed by atoms with Gasteiger partial charge in [-0.15, -0.1) is 0 Å². The number of benzene rings is 2. The van der Waals surface area contributed by atoms with Gasteiger partial charge in [-0.1, -0.05) is 55.3 Å². The van der Waals surface area contributed by atoms with Crippen molar-refractivity contribution in [3.05, 3.63) is 64.7 Å². The van der Waals surface area contributed by atoms with E-state index in [0.29, 0.717) is 10.6 Å². The average Bonchev–Trinajstić information content (AvgIpc) is 2.49. The molecule has 0 saturated carbocycles. The highest BCUT2D eigenvalue weighted by molar-refractivity contribution is 6.33. The number of hydrogen-bond donors (Lipinski definition) is 1. The molecule has 0 radical (unpaired) electrons. The van der Waals surface area contributed by atoms with Gasteiger partial charge in [-0.05, 0) is 30.2 Å². The first-order valence-electron chi connectivity index (χ1n) is 6.75. The molecule has 0 aliphatic heterocycles. The van der Waals surface area contributed by atoms with Crippen molar-refractivity contribution in [1.29, 1.82) is 5.26 Å². The largest absolute Gasteiger partial charge is 0.377 e. The molecular formula is C17H17ClN2. The molecule has 1 N–H and O–H groups in total. The van der Waals surface area contributed by atoms with E-state index in [-0.39, 0.29) is 6.04 Å². The molecule has 0 amide bonds. The minimum absolute atomic E-state index is 0.228. The Kier molecular flexibility index (Phi) is 5.03. The van der Waals surface area contributed by atoms with Crippen molar-refractivity contribution in [1.82, 2.24) is 0 Å². The standard InChI is InChI=1S/C17H17ClN2/c1-2-6-16(14-7-4-3-5-8-14)20-17-10-9-13(12-19)11-15(17)18/h3-5,7-11,16,20H,2,6H2,1H3. The van der Waals surface area contributed by atoms with Gasteiger partial charge in [0.05, 0.1) is 28.4 Å². The maximum Gasteiger partial charge on any atom is 0.0992 e. The van der Waals surface area contributed by atoms with E-state index < -0.39 is 0 Å². The molecule has 2 aromatic rings. The third-order valence-electron chi connectivity index (χ3n) is 3.21. The molecule has 102 valence electrons. The zero-order valence-corrected chi connectivity index (χ0v) is 12.2. The van der Waals surface area contributed by atoms with E-state index in [1.807, 2.05) is 24.3 Å². The highest BCUT2D eigenvalue weighted by Crippen LogP contribution is 2.29. The molecule has 0 saturated heterocycles. The van der Waals surface area contributed by atoms with E-state index in [0.717, 1.165) is 18.5 Å². The zero-order valence-electron chi connectivity index (χ0n) is 11.4. The molecule has 0 spiro atoms. The first-order valence-corrected chi connectivity index (χ1v) is 7.13. The van der Waals surface area contributed by atoms with Crippen LogP contribution in [0, 0.1) is 11.3 Å². The van der Waals surface area contributed by atoms with Crippen LogP contribution in [0.25, 0.3) is 0 Å². The van der Waals surface area contributed by atoms with Crippen LogP contribution in [0.3, 0.4) is 0 Å². The fourth-order valence-electron chi connectivity index (χ4n) is 2.19. The number of rotatable bonds is 5. The Bertz CT molecular complexity index is 602. The fraction of sp³-hybridized carbons (Fsp3) is 0.235. The lowest BCUT2D eigenvalue weighted by atomic mass is 10.0. The monoisotopic (exact) mass is 284 g/mol. The Morgan fingerprint density at radius 3 is 2.55 bits per heavy atom. The van der Waals surface area contributed by atoms with Crippen LogP contribution in [0.15, 0.2) is 48.5 Å². The van der Waals surface area contributed by atoms with Crippen LogP contribution >= 0.6 is 11.6 Å². The SMILES string of the molecule is CCCC(Nc1ccc(C#N)cc1Cl)c1ccccc1. The predicted octanol–water partition coefficient (Wildman–Crippen LogP) is 5.16. The van der Waals surface area contributed by atoms with Crippen LogP contribution < -0.4 is 5.32 Å². The summed E-state index contributed by atoms with van der Waals surface area (Å²) in [6.45, 7) is 2.16. The molecule has 0 fully saturated rings. The molecular weight excluding hydrogens is 268 g/mol. The Hall–Kier alpha value is -1.98. The van der Waals surface area contributed by atoms with Gasteiger partial charge in [-0.25, -0.2) is 0 Å². The predicted molar refractivity (Wildman–Crippen MR) is 83.9 cm³/mol. The molecule has 1 atom stereocenters. The van der Waals surface area contributed by atoms with Crippen molar-refractivity contribution in [2.45, 2.75) is 25.8 Å². The van der Waals surface area contributed by atoms with Gasteiger partial charge in [0, 0.05) is 0 Å². The number of halogens is 1. The van der Waals surface area contributed by atoms with Gasteiger partial charge >= 0.3 is 0 Å². The van der Waals surface area contributed by atoms with Crippen LogP contribution in [0.1, 0.15) is 36.9 Å². The van der Waals surface area contributed by atoms with Crippen molar-refractivity contribution in [2.24, 2.45) is 0 Å². The van der Waals surface area contributed by atoms with Crippen molar-refractivity contribution in [2.75, 3.05) is 5.32 Å². The Morgan fingerprint density at radius 1 is 1.20 bits per heavy atom. The normalized spacial score (nSPS) is 11.7. The van der Waals surface area contributed by atoms with E-state index in [9.17, 15) is 0 Å². The molecule has 2 nitrogen and oxygen atoms in total. The van der Waals surface area contributed by atoms with Gasteiger partial charge in [0.15, 0.2) is 0 Å². The van der Waals surface area contributed by atoms with Gasteiger partial charge in [-0.2, -0.15) is 5.26 Å². The van der Waals surface area contributed by atoms with Gasteiger partial charge in [0.2, 0.25) is 0 Å². The van der Waals surface area contributed by atoms with Crippen molar-refractivity contribution in [3.63, 3.8) is 0 Å². The minimum Gasteiger partial charge on any atom is -0.377 e. The molecule has 0 aliphatic carbocycles. The van der Waals surface area contributed by atoms with Gasteiger partial charge in [0.25, 0.3) is 0 Å². The summed E-state index contributed by atoms with van der Waals surface area (Å²) in [5, 5.41) is 12.9. The molecule has 0 aliphatic rings. The van der Waals surface area contributed by atoms with E-state index in [2.05, 4.69) is 30.4 Å². The Morgan fingerprint density at radius 2 is 1.95 bits per heavy atom. The number of nitrogens with zero attached hydrogens (tertiary/aromatic N) is 1. The molecule has 0 bridgehead atoms. The van der Waals surface area contributed by atoms with E-state index in [1.54, 1.807) is 12.1 Å². The second kappa shape index (κ2) is 6.98. The lowest BCUT2D eigenvalue weighted by molar-refractivity contribution is 0.677. The fourth-order valence-corrected chi connectivity index (χ4v) is 2.42. The van der Waals surface area contributed by atoms with E-state index in [1.165, 1.54) is 5.56 Å². The molecule has 2 aromatic carbocycles. The Labute approximate surface area is 125 Å². The lowest BCUT2D eigenvalue weighted by Crippen LogP contribution is -2.10. The van der Waals surface area contributed by atoms with Gasteiger partial charge in [-0.3, -0.25) is 0 Å². The molecule has 3 heteroatoms. The van der Waals surface area contributed by atoms with Crippen LogP contribution in [-0.2, 0) is 0 Å². The summed E-state index contributed by atoms with van der Waals surface area (Å²) in [6, 6.07) is 18.0. The number of nitriles is 1. The quantitative estimate of drug-likeness (QED) is 0.822. The summed E-state index contributed by atoms with van der Waals surface area (Å²) in [7, 11) is 0. The van der Waals surface area contributed by atoms with Crippen molar-refractivity contribution < 1.29 is 0 Å². The Balaban J connectivity index is 2.23. The van der Waals surface area contributed by atoms with Crippen molar-refractivity contribution in [3.8, 4) is 6.07 Å². The number of anilines is 1. The van der Waals surface area contributed by atoms with Crippen LogP contribution in [0.2, 0.25) is 5.02 Å². The summed E-state index contributed by atoms with van der Waals surface area (Å²) in [6.07, 6.45) is 2.11. The average molecular weight is 285 g/mol. The van der Waals surface area contributed by atoms with Gasteiger partial charge < -0.3 is 5.32 Å². The highest BCUT2D eigenvalue weighted by atomic mass is 35.5. The molecule has 2 rings (SSSR count). The first-order chi connectivity index (χ1) is 9.74. The lowest BCUT2D eigenvalue weighted by Gasteiger charge is -2.20. The third-order valence-corrected chi connectivity index (χ3v) is 3.52. The number of nitrogens with one attached hydrogen (secondary N) is 1. The molecule has 0 aromatic heterocycles. The minimum atomic E-state index is 0.228. The smallest absolute Gasteiger partial charge is 0.0992 e. The summed E-state index contributed by atoms with van der Waals surface area (Å²) in [5.41, 5.74) is 2.69. The van der Waals surface area contributed by atoms with Crippen molar-refractivity contribution >= 4 is 17.3 Å². The summed E-state index contributed by atoms with van der Waals surface area (Å²) >= 11 is 6.23. The molecule has 1 unspecified atom stereocenters. The maximum atomic E-state index is 8.87. The molecule has 0 heterocycles. The van der Waals surface area contributed by atoms with Crippen LogP contribution in [-0.4, -0.2) is 0 Å². The summed E-state index contributed by atoms with van der Waals surface area (Å²) < 4.78 is 0. The molecule has 20 heavy (non-hydrogen) atoms. The summed E-state index contributed by atoms with van der Waals surface area (Å²) in [4.78, 5) is 0. The zero-order chi connectivity index (χ0) is 14.4. The maximum absolute atomic E-state index is 8.87. The van der Waals surface area contributed by atoms with E-state index >= 15 is 0 Å². The third kappa shape index (κ3) is 3.53. The van der Waals surface area contributed by atoms with Gasteiger partial charge in [0.1, 0.15) is 0 Å². The highest BCUT2D eigenvalue weighted by Gasteiger charge is 2.12. The second-order valence-corrected chi connectivity index (χ2v) is 5.11. The van der Waals surface area contributed by atoms with Crippen LogP contribution in [0.4, 0.5) is 5.69 Å².